The van der Waals surface area contributed by atoms with E-state index in [0.29, 0.717) is 30.5 Å². The molecule has 0 radical (unpaired) electrons. The van der Waals surface area contributed by atoms with E-state index in [-0.39, 0.29) is 5.69 Å². The number of nitrogens with zero attached hydrogens (tertiary/aromatic N) is 1. The van der Waals surface area contributed by atoms with Gasteiger partial charge in [0.1, 0.15) is 0 Å². The van der Waals surface area contributed by atoms with Gasteiger partial charge >= 0.3 is 0 Å². The zero-order chi connectivity index (χ0) is 15.2. The van der Waals surface area contributed by atoms with Crippen LogP contribution in [0.15, 0.2) is 22.7 Å². The minimum atomic E-state index is -3.14. The average Bonchev–Trinajstić information content (AvgIpc) is 2.31. The molecule has 1 aromatic carbocycles. The zero-order valence-electron chi connectivity index (χ0n) is 10.9. The van der Waals surface area contributed by atoms with E-state index in [1.165, 1.54) is 12.1 Å². The van der Waals surface area contributed by atoms with Gasteiger partial charge in [-0.3, -0.25) is 10.1 Å². The van der Waals surface area contributed by atoms with Crippen LogP contribution in [0.1, 0.15) is 12.0 Å². The highest BCUT2D eigenvalue weighted by Crippen LogP contribution is 2.21. The Kier molecular flexibility index (Phi) is 6.53. The molecule has 0 aliphatic carbocycles. The summed E-state index contributed by atoms with van der Waals surface area (Å²) in [4.78, 5) is 10.3. The lowest BCUT2D eigenvalue weighted by molar-refractivity contribution is -0.385. The summed E-state index contributed by atoms with van der Waals surface area (Å²) in [6.07, 6.45) is 1.75. The van der Waals surface area contributed by atoms with Crippen LogP contribution < -0.4 is 10.0 Å². The summed E-state index contributed by atoms with van der Waals surface area (Å²) in [7, 11) is -3.14. The number of non-ortho nitro benzene ring substituents is 1. The molecule has 0 aliphatic heterocycles. The van der Waals surface area contributed by atoms with Crippen molar-refractivity contribution in [2.24, 2.45) is 0 Å². The van der Waals surface area contributed by atoms with Gasteiger partial charge in [-0.15, -0.1) is 0 Å². The third kappa shape index (κ3) is 6.94. The van der Waals surface area contributed by atoms with Gasteiger partial charge < -0.3 is 5.32 Å². The molecule has 0 bridgehead atoms. The third-order valence-electron chi connectivity index (χ3n) is 2.38. The molecule has 0 unspecified atom stereocenters. The minimum Gasteiger partial charge on any atom is -0.313 e. The minimum absolute atomic E-state index is 0.0370. The van der Waals surface area contributed by atoms with Gasteiger partial charge in [-0.05, 0) is 24.6 Å². The summed E-state index contributed by atoms with van der Waals surface area (Å²) in [5.74, 6) is 0. The highest BCUT2D eigenvalue weighted by atomic mass is 79.9. The average molecular weight is 366 g/mol. The van der Waals surface area contributed by atoms with Crippen molar-refractivity contribution >= 4 is 31.6 Å². The summed E-state index contributed by atoms with van der Waals surface area (Å²) in [5, 5.41) is 13.8. The molecule has 7 nitrogen and oxygen atoms in total. The molecule has 0 heterocycles. The predicted molar refractivity (Wildman–Crippen MR) is 80.0 cm³/mol. The van der Waals surface area contributed by atoms with Gasteiger partial charge in [-0.1, -0.05) is 15.9 Å². The lowest BCUT2D eigenvalue weighted by atomic mass is 10.2. The molecule has 1 rings (SSSR count). The molecular formula is C11H16BrN3O4S. The maximum absolute atomic E-state index is 10.8. The molecule has 0 spiro atoms. The maximum atomic E-state index is 10.8. The standard InChI is InChI=1S/C11H16BrN3O4S/c1-20(18,19)14-4-2-3-13-8-9-5-10(12)7-11(6-9)15(16)17/h5-7,13-14H,2-4,8H2,1H3. The van der Waals surface area contributed by atoms with Crippen molar-refractivity contribution in [1.82, 2.24) is 10.0 Å². The van der Waals surface area contributed by atoms with Crippen molar-refractivity contribution < 1.29 is 13.3 Å². The topological polar surface area (TPSA) is 101 Å². The van der Waals surface area contributed by atoms with Crippen LogP contribution in [0.3, 0.4) is 0 Å². The molecular weight excluding hydrogens is 350 g/mol. The van der Waals surface area contributed by atoms with Crippen molar-refractivity contribution in [3.8, 4) is 0 Å². The van der Waals surface area contributed by atoms with Crippen LogP contribution in [0.25, 0.3) is 0 Å². The van der Waals surface area contributed by atoms with E-state index in [9.17, 15) is 18.5 Å². The van der Waals surface area contributed by atoms with Crippen LogP contribution in [0.4, 0.5) is 5.69 Å². The van der Waals surface area contributed by atoms with Crippen LogP contribution >= 0.6 is 15.9 Å². The summed E-state index contributed by atoms with van der Waals surface area (Å²) < 4.78 is 24.7. The second-order valence-electron chi connectivity index (χ2n) is 4.27. The Bertz CT molecular complexity index is 577. The predicted octanol–water partition coefficient (Wildman–Crippen LogP) is 1.39. The zero-order valence-corrected chi connectivity index (χ0v) is 13.3. The van der Waals surface area contributed by atoms with Crippen molar-refractivity contribution in [2.75, 3.05) is 19.3 Å². The summed E-state index contributed by atoms with van der Waals surface area (Å²) in [6, 6.07) is 4.75. The molecule has 20 heavy (non-hydrogen) atoms. The quantitative estimate of drug-likeness (QED) is 0.411. The SMILES string of the molecule is CS(=O)(=O)NCCCNCc1cc(Br)cc([N+](=O)[O-])c1. The number of hydrogen-bond donors (Lipinski definition) is 2. The van der Waals surface area contributed by atoms with Crippen molar-refractivity contribution in [3.05, 3.63) is 38.3 Å². The molecule has 112 valence electrons. The Balaban J connectivity index is 2.37. The first-order valence-electron chi connectivity index (χ1n) is 5.87. The van der Waals surface area contributed by atoms with E-state index in [4.69, 9.17) is 0 Å². The van der Waals surface area contributed by atoms with Crippen LogP contribution in [-0.2, 0) is 16.6 Å². The van der Waals surface area contributed by atoms with Crippen LogP contribution in [0.2, 0.25) is 0 Å². The molecule has 9 heteroatoms. The van der Waals surface area contributed by atoms with Gasteiger partial charge in [0, 0.05) is 29.7 Å². The fraction of sp³-hybridized carbons (Fsp3) is 0.455. The molecule has 0 fully saturated rings. The number of hydrogen-bond acceptors (Lipinski definition) is 5. The molecule has 0 saturated heterocycles. The number of benzene rings is 1. The van der Waals surface area contributed by atoms with E-state index in [1.807, 2.05) is 0 Å². The number of halogens is 1. The fourth-order valence-corrected chi connectivity index (χ4v) is 2.59. The maximum Gasteiger partial charge on any atom is 0.270 e. The molecule has 0 aliphatic rings. The van der Waals surface area contributed by atoms with Gasteiger partial charge in [0.05, 0.1) is 11.2 Å². The van der Waals surface area contributed by atoms with E-state index < -0.39 is 14.9 Å². The van der Waals surface area contributed by atoms with Crippen molar-refractivity contribution in [1.29, 1.82) is 0 Å². The number of rotatable bonds is 8. The highest BCUT2D eigenvalue weighted by molar-refractivity contribution is 9.10. The van der Waals surface area contributed by atoms with Crippen LogP contribution in [0.5, 0.6) is 0 Å². The van der Waals surface area contributed by atoms with E-state index in [0.717, 1.165) is 11.8 Å². The normalized spacial score (nSPS) is 11.5. The summed E-state index contributed by atoms with van der Waals surface area (Å²) in [6.45, 7) is 1.46. The molecule has 1 aromatic rings. The van der Waals surface area contributed by atoms with E-state index in [1.54, 1.807) is 6.07 Å². The number of sulfonamides is 1. The molecule has 0 atom stereocenters. The Morgan fingerprint density at radius 3 is 2.60 bits per heavy atom. The number of nitro benzene ring substituents is 1. The lowest BCUT2D eigenvalue weighted by Gasteiger charge is -2.06. The smallest absolute Gasteiger partial charge is 0.270 e. The Hall–Kier alpha value is -1.03. The van der Waals surface area contributed by atoms with Crippen molar-refractivity contribution in [2.45, 2.75) is 13.0 Å². The third-order valence-corrected chi connectivity index (χ3v) is 3.56. The van der Waals surface area contributed by atoms with Crippen LogP contribution in [0, 0.1) is 10.1 Å². The second kappa shape index (κ2) is 7.67. The van der Waals surface area contributed by atoms with E-state index in [2.05, 4.69) is 26.0 Å². The molecule has 0 amide bonds. The van der Waals surface area contributed by atoms with Gasteiger partial charge in [-0.25, -0.2) is 13.1 Å². The lowest BCUT2D eigenvalue weighted by Crippen LogP contribution is -2.26. The number of nitrogens with one attached hydrogen (secondary N) is 2. The largest absolute Gasteiger partial charge is 0.313 e. The van der Waals surface area contributed by atoms with E-state index >= 15 is 0 Å². The first kappa shape index (κ1) is 17.0. The fourth-order valence-electron chi connectivity index (χ4n) is 1.54. The highest BCUT2D eigenvalue weighted by Gasteiger charge is 2.08. The van der Waals surface area contributed by atoms with Crippen molar-refractivity contribution in [3.63, 3.8) is 0 Å². The summed E-state index contributed by atoms with van der Waals surface area (Å²) in [5.41, 5.74) is 0.831. The van der Waals surface area contributed by atoms with Crippen LogP contribution in [-0.4, -0.2) is 32.7 Å². The Morgan fingerprint density at radius 2 is 2.00 bits per heavy atom. The van der Waals surface area contributed by atoms with Gasteiger partial charge in [0.2, 0.25) is 10.0 Å². The first-order chi connectivity index (χ1) is 9.28. The van der Waals surface area contributed by atoms with Gasteiger partial charge in [0.15, 0.2) is 0 Å². The monoisotopic (exact) mass is 365 g/mol. The Labute approximate surface area is 126 Å². The molecule has 0 saturated carbocycles. The Morgan fingerprint density at radius 1 is 1.30 bits per heavy atom. The number of nitro groups is 1. The second-order valence-corrected chi connectivity index (χ2v) is 7.02. The summed E-state index contributed by atoms with van der Waals surface area (Å²) >= 11 is 3.23. The molecule has 0 aromatic heterocycles. The van der Waals surface area contributed by atoms with Gasteiger partial charge in [0.25, 0.3) is 5.69 Å². The first-order valence-corrected chi connectivity index (χ1v) is 8.55. The van der Waals surface area contributed by atoms with Gasteiger partial charge in [-0.2, -0.15) is 0 Å². The molecule has 2 N–H and O–H groups in total.